The maximum Gasteiger partial charge on any atom is 0.254 e. The normalized spacial score (nSPS) is 20.0. The van der Waals surface area contributed by atoms with E-state index in [1.807, 2.05) is 30.0 Å². The van der Waals surface area contributed by atoms with Crippen LogP contribution in [0.2, 0.25) is 0 Å². The highest BCUT2D eigenvalue weighted by Gasteiger charge is 2.35. The highest BCUT2D eigenvalue weighted by Crippen LogP contribution is 2.33. The van der Waals surface area contributed by atoms with Gasteiger partial charge in [0.1, 0.15) is 11.9 Å². The van der Waals surface area contributed by atoms with Crippen LogP contribution in [0.15, 0.2) is 43.0 Å². The summed E-state index contributed by atoms with van der Waals surface area (Å²) >= 11 is 0. The Morgan fingerprint density at radius 1 is 1.32 bits per heavy atom. The summed E-state index contributed by atoms with van der Waals surface area (Å²) < 4.78 is 0. The van der Waals surface area contributed by atoms with Gasteiger partial charge in [-0.3, -0.25) is 9.59 Å². The minimum atomic E-state index is -0.296. The predicted octanol–water partition coefficient (Wildman–Crippen LogP) is 3.77. The second-order valence-electron chi connectivity index (χ2n) is 8.10. The molecule has 0 unspecified atom stereocenters. The van der Waals surface area contributed by atoms with Gasteiger partial charge in [-0.25, -0.2) is 4.98 Å². The Bertz CT molecular complexity index is 1090. The molecule has 1 aromatic carbocycles. The summed E-state index contributed by atoms with van der Waals surface area (Å²) in [7, 11) is 0. The van der Waals surface area contributed by atoms with E-state index in [1.165, 1.54) is 6.08 Å². The average Bonchev–Trinajstić information content (AvgIpc) is 3.10. The molecule has 2 atom stereocenters. The second kappa shape index (κ2) is 8.60. The molecule has 7 nitrogen and oxygen atoms in total. The topological polar surface area (TPSA) is 98.1 Å². The third-order valence-electron chi connectivity index (χ3n) is 6.04. The fraction of sp³-hybridized carbons (Fsp3) is 0.333. The Kier molecular flexibility index (Phi) is 5.72. The lowest BCUT2D eigenvalue weighted by atomic mass is 9.90. The first-order valence-corrected chi connectivity index (χ1v) is 10.5. The van der Waals surface area contributed by atoms with E-state index in [9.17, 15) is 9.59 Å². The predicted molar refractivity (Wildman–Crippen MR) is 118 cm³/mol. The molecule has 0 spiro atoms. The fourth-order valence-corrected chi connectivity index (χ4v) is 4.44. The minimum Gasteiger partial charge on any atom is -0.367 e. The van der Waals surface area contributed by atoms with Gasteiger partial charge >= 0.3 is 0 Å². The van der Waals surface area contributed by atoms with Crippen LogP contribution in [0, 0.1) is 18.3 Å². The van der Waals surface area contributed by atoms with Gasteiger partial charge in [-0.15, -0.1) is 0 Å². The number of aryl methyl sites for hydroxylation is 1. The van der Waals surface area contributed by atoms with Crippen LogP contribution in [0.1, 0.15) is 52.9 Å². The van der Waals surface area contributed by atoms with E-state index >= 15 is 0 Å². The second-order valence-corrected chi connectivity index (χ2v) is 8.10. The standard InChI is InChI=1S/C24H25N5O2/c1-3-23(30)28-19-9-7-17-14-29(24(31)21(17)12-19)20-6-4-5-18(11-20)27-22-10-8-16(13-25)15(2)26-22/h3,7-10,12,18,20H,1,4-6,11,14H2,2H3,(H,26,27)(H,28,30)/t18-,20+/m1/s1. The molecule has 1 aliphatic heterocycles. The molecular formula is C24H25N5O2. The van der Waals surface area contributed by atoms with E-state index < -0.39 is 0 Å². The molecule has 2 amide bonds. The van der Waals surface area contributed by atoms with Gasteiger partial charge in [0.25, 0.3) is 5.91 Å². The molecule has 1 aromatic heterocycles. The lowest BCUT2D eigenvalue weighted by Gasteiger charge is -2.35. The van der Waals surface area contributed by atoms with Gasteiger partial charge in [-0.1, -0.05) is 12.6 Å². The number of pyridine rings is 1. The number of benzene rings is 1. The van der Waals surface area contributed by atoms with Crippen LogP contribution in [0.5, 0.6) is 0 Å². The Balaban J connectivity index is 1.44. The molecule has 4 rings (SSSR count). The third-order valence-corrected chi connectivity index (χ3v) is 6.04. The van der Waals surface area contributed by atoms with Crippen molar-refractivity contribution < 1.29 is 9.59 Å². The molecule has 1 saturated carbocycles. The van der Waals surface area contributed by atoms with Gasteiger partial charge in [0, 0.05) is 29.9 Å². The van der Waals surface area contributed by atoms with E-state index in [-0.39, 0.29) is 23.9 Å². The molecule has 2 N–H and O–H groups in total. The van der Waals surface area contributed by atoms with Crippen molar-refractivity contribution in [2.75, 3.05) is 10.6 Å². The minimum absolute atomic E-state index is 0.0164. The van der Waals surface area contributed by atoms with Crippen LogP contribution in [-0.4, -0.2) is 33.8 Å². The van der Waals surface area contributed by atoms with Crippen molar-refractivity contribution in [3.8, 4) is 6.07 Å². The zero-order chi connectivity index (χ0) is 22.0. The highest BCUT2D eigenvalue weighted by molar-refractivity contribution is 6.02. The van der Waals surface area contributed by atoms with Crippen LogP contribution in [0.25, 0.3) is 0 Å². The van der Waals surface area contributed by atoms with Crippen molar-refractivity contribution in [1.29, 1.82) is 5.26 Å². The number of aromatic nitrogens is 1. The molecular weight excluding hydrogens is 390 g/mol. The molecule has 2 aromatic rings. The van der Waals surface area contributed by atoms with Gasteiger partial charge in [-0.05, 0) is 68.5 Å². The van der Waals surface area contributed by atoms with Gasteiger partial charge in [0.2, 0.25) is 5.91 Å². The van der Waals surface area contributed by atoms with Gasteiger partial charge in [0.05, 0.1) is 11.3 Å². The number of fused-ring (bicyclic) bond motifs is 1. The Hall–Kier alpha value is -3.66. The third kappa shape index (κ3) is 4.29. The van der Waals surface area contributed by atoms with E-state index in [0.29, 0.717) is 29.1 Å². The summed E-state index contributed by atoms with van der Waals surface area (Å²) in [5.74, 6) is 0.485. The molecule has 0 radical (unpaired) electrons. The van der Waals surface area contributed by atoms with Crippen LogP contribution in [-0.2, 0) is 11.3 Å². The van der Waals surface area contributed by atoms with Crippen molar-refractivity contribution >= 4 is 23.3 Å². The highest BCUT2D eigenvalue weighted by atomic mass is 16.2. The molecule has 31 heavy (non-hydrogen) atoms. The van der Waals surface area contributed by atoms with E-state index in [2.05, 4.69) is 28.3 Å². The number of hydrogen-bond donors (Lipinski definition) is 2. The van der Waals surface area contributed by atoms with Crippen molar-refractivity contribution in [3.63, 3.8) is 0 Å². The summed E-state index contributed by atoms with van der Waals surface area (Å²) in [6.07, 6.45) is 5.07. The lowest BCUT2D eigenvalue weighted by molar-refractivity contribution is -0.111. The maximum absolute atomic E-state index is 13.1. The molecule has 0 bridgehead atoms. The number of anilines is 2. The van der Waals surface area contributed by atoms with Crippen molar-refractivity contribution in [3.05, 3.63) is 65.4 Å². The Morgan fingerprint density at radius 2 is 2.16 bits per heavy atom. The fourth-order valence-electron chi connectivity index (χ4n) is 4.44. The van der Waals surface area contributed by atoms with Crippen LogP contribution in [0.3, 0.4) is 0 Å². The lowest BCUT2D eigenvalue weighted by Crippen LogP contribution is -2.42. The molecule has 2 heterocycles. The van der Waals surface area contributed by atoms with Crippen LogP contribution in [0.4, 0.5) is 11.5 Å². The zero-order valence-corrected chi connectivity index (χ0v) is 17.5. The average molecular weight is 415 g/mol. The maximum atomic E-state index is 13.1. The van der Waals surface area contributed by atoms with Gasteiger partial charge in [-0.2, -0.15) is 5.26 Å². The molecule has 7 heteroatoms. The summed E-state index contributed by atoms with van der Waals surface area (Å²) in [5.41, 5.74) is 3.53. The van der Waals surface area contributed by atoms with E-state index in [1.54, 1.807) is 12.1 Å². The van der Waals surface area contributed by atoms with Gasteiger partial charge in [0.15, 0.2) is 0 Å². The molecule has 0 saturated heterocycles. The number of nitrogens with one attached hydrogen (secondary N) is 2. The summed E-state index contributed by atoms with van der Waals surface area (Å²) in [6.45, 7) is 5.88. The molecule has 1 aliphatic carbocycles. The summed E-state index contributed by atoms with van der Waals surface area (Å²) in [6, 6.07) is 11.6. The number of nitrogens with zero attached hydrogens (tertiary/aromatic N) is 3. The molecule has 1 fully saturated rings. The van der Waals surface area contributed by atoms with Crippen LogP contribution < -0.4 is 10.6 Å². The molecule has 158 valence electrons. The number of carbonyl (C=O) groups is 2. The summed E-state index contributed by atoms with van der Waals surface area (Å²) in [4.78, 5) is 31.1. The molecule has 2 aliphatic rings. The number of hydrogen-bond acceptors (Lipinski definition) is 5. The monoisotopic (exact) mass is 415 g/mol. The SMILES string of the molecule is C=CC(=O)Nc1ccc2c(c1)C(=O)N([C@H]1CCC[C@@H](Nc3ccc(C#N)c(C)n3)C1)C2. The number of amides is 2. The van der Waals surface area contributed by atoms with E-state index in [0.717, 1.165) is 37.1 Å². The first-order valence-electron chi connectivity index (χ1n) is 10.5. The Labute approximate surface area is 181 Å². The van der Waals surface area contributed by atoms with Crippen molar-refractivity contribution in [1.82, 2.24) is 9.88 Å². The zero-order valence-electron chi connectivity index (χ0n) is 17.5. The van der Waals surface area contributed by atoms with E-state index in [4.69, 9.17) is 5.26 Å². The van der Waals surface area contributed by atoms with Gasteiger partial charge < -0.3 is 15.5 Å². The number of nitriles is 1. The number of carbonyl (C=O) groups excluding carboxylic acids is 2. The Morgan fingerprint density at radius 3 is 2.90 bits per heavy atom. The quantitative estimate of drug-likeness (QED) is 0.725. The first-order chi connectivity index (χ1) is 15.0. The van der Waals surface area contributed by atoms with Crippen LogP contribution >= 0.6 is 0 Å². The first kappa shape index (κ1) is 20.6. The number of rotatable bonds is 5. The van der Waals surface area contributed by atoms with Crippen molar-refractivity contribution in [2.24, 2.45) is 0 Å². The summed E-state index contributed by atoms with van der Waals surface area (Å²) in [5, 5.41) is 15.3. The smallest absolute Gasteiger partial charge is 0.254 e. The van der Waals surface area contributed by atoms with Crippen molar-refractivity contribution in [2.45, 2.75) is 51.2 Å². The largest absolute Gasteiger partial charge is 0.367 e.